The molecule has 0 fully saturated rings. The van der Waals surface area contributed by atoms with Crippen LogP contribution >= 0.6 is 0 Å². The van der Waals surface area contributed by atoms with Crippen LogP contribution in [0.4, 0.5) is 0 Å². The summed E-state index contributed by atoms with van der Waals surface area (Å²) in [6.07, 6.45) is 3.58. The van der Waals surface area contributed by atoms with Gasteiger partial charge in [0.2, 0.25) is 0 Å². The first-order chi connectivity index (χ1) is 27.6. The summed E-state index contributed by atoms with van der Waals surface area (Å²) in [4.78, 5) is 8.87. The summed E-state index contributed by atoms with van der Waals surface area (Å²) >= 11 is 0. The number of pyridine rings is 2. The van der Waals surface area contributed by atoms with Crippen LogP contribution in [-0.2, 0) is 25.5 Å². The summed E-state index contributed by atoms with van der Waals surface area (Å²) in [6.45, 7) is 6.58. The van der Waals surface area contributed by atoms with Crippen molar-refractivity contribution in [1.82, 2.24) is 9.97 Å². The molecule has 50 heavy (non-hydrogen) atoms. The molecule has 8 rings (SSSR count). The van der Waals surface area contributed by atoms with Crippen LogP contribution in [0.1, 0.15) is 44.2 Å². The fraction of sp³-hybridized carbons (Fsp3) is 0.0889. The average molecular weight is 833 g/mol. The fourth-order valence-corrected chi connectivity index (χ4v) is 5.33. The van der Waals surface area contributed by atoms with Crippen LogP contribution in [0.25, 0.3) is 66.7 Å². The van der Waals surface area contributed by atoms with E-state index in [0.717, 1.165) is 11.3 Å². The molecule has 0 saturated heterocycles. The molecular weight excluding hydrogens is 791 g/mol. The SMILES string of the molecule is CC(C)(C)c1ccc(-c2[c-]cccc2)nc1.[2H]c1c([2H])c([2H])c(-c2c([2H])c([2H])c(-c3c(C#N)ccc4c3oc3c(-c5ccccn5)[c-]ccc34)c([2H])c2[2H])c([2H])c1[2H].[Ir]. The van der Waals surface area contributed by atoms with Crippen molar-refractivity contribution in [3.63, 3.8) is 0 Å². The number of fused-ring (bicyclic) bond motifs is 3. The number of nitriles is 1. The number of furan rings is 1. The second-order valence-electron chi connectivity index (χ2n) is 12.1. The first kappa shape index (κ1) is 24.5. The van der Waals surface area contributed by atoms with Crippen molar-refractivity contribution in [3.8, 4) is 50.8 Å². The maximum absolute atomic E-state index is 10.0. The molecule has 5 aromatic carbocycles. The Morgan fingerprint density at radius 1 is 0.700 bits per heavy atom. The van der Waals surface area contributed by atoms with Crippen molar-refractivity contribution in [2.24, 2.45) is 0 Å². The van der Waals surface area contributed by atoms with E-state index in [9.17, 15) is 5.26 Å². The van der Waals surface area contributed by atoms with Crippen LogP contribution in [0.15, 0.2) is 150 Å². The second-order valence-corrected chi connectivity index (χ2v) is 12.1. The van der Waals surface area contributed by atoms with Gasteiger partial charge in [-0.05, 0) is 51.2 Å². The molecule has 0 amide bonds. The standard InChI is InChI=1S/C30H17N2O.C15H16N.Ir/c31-19-23-16-17-25-24-9-6-10-26(27-11-4-5-18-32-27)29(24)33-30(25)28(23)22-14-12-21(13-15-22)20-7-2-1-3-8-20;1-15(2,3)13-9-10-14(16-11-13)12-7-5-4-6-8-12;/h1-9,11-18H;4-7,9-11H,1-3H3;/q2*-1;/i1D,2D,3D,7D,8D,12D,13D,14D,15D;;. The van der Waals surface area contributed by atoms with E-state index in [1.54, 1.807) is 36.5 Å². The zero-order chi connectivity index (χ0) is 41.6. The minimum absolute atomic E-state index is 0. The first-order valence-corrected chi connectivity index (χ1v) is 15.5. The summed E-state index contributed by atoms with van der Waals surface area (Å²) < 4.78 is 82.2. The molecule has 0 N–H and O–H groups in total. The van der Waals surface area contributed by atoms with E-state index in [-0.39, 0.29) is 47.8 Å². The maximum Gasteiger partial charge on any atom is 0.130 e. The summed E-state index contributed by atoms with van der Waals surface area (Å²) in [7, 11) is 0. The van der Waals surface area contributed by atoms with Crippen LogP contribution in [0.2, 0.25) is 0 Å². The van der Waals surface area contributed by atoms with Gasteiger partial charge in [0, 0.05) is 43.4 Å². The largest absolute Gasteiger partial charge is 0.500 e. The van der Waals surface area contributed by atoms with Crippen LogP contribution in [0.3, 0.4) is 0 Å². The number of rotatable bonds is 4. The average Bonchev–Trinajstić information content (AvgIpc) is 3.62. The Morgan fingerprint density at radius 2 is 1.44 bits per heavy atom. The van der Waals surface area contributed by atoms with Gasteiger partial charge in [-0.25, -0.2) is 0 Å². The minimum atomic E-state index is -0.661. The summed E-state index contributed by atoms with van der Waals surface area (Å²) in [5.74, 6) is 0. The van der Waals surface area contributed by atoms with Gasteiger partial charge in [0.1, 0.15) is 5.58 Å². The summed E-state index contributed by atoms with van der Waals surface area (Å²) in [5.41, 5.74) is 4.16. The van der Waals surface area contributed by atoms with E-state index in [2.05, 4.69) is 61.1 Å². The van der Waals surface area contributed by atoms with Gasteiger partial charge in [-0.3, -0.25) is 0 Å². The zero-order valence-electron chi connectivity index (χ0n) is 36.2. The Kier molecular flexibility index (Phi) is 7.27. The molecular formula is C45H33IrN3O-2. The molecule has 0 spiro atoms. The van der Waals surface area contributed by atoms with Gasteiger partial charge >= 0.3 is 0 Å². The van der Waals surface area contributed by atoms with Gasteiger partial charge in [-0.15, -0.1) is 54.1 Å². The van der Waals surface area contributed by atoms with E-state index in [1.165, 1.54) is 11.6 Å². The summed E-state index contributed by atoms with van der Waals surface area (Å²) in [5, 5.41) is 11.3. The molecule has 0 aliphatic rings. The third-order valence-corrected chi connectivity index (χ3v) is 7.88. The molecule has 0 bridgehead atoms. The monoisotopic (exact) mass is 833 g/mol. The first-order valence-electron chi connectivity index (χ1n) is 20.0. The van der Waals surface area contributed by atoms with Crippen molar-refractivity contribution in [1.29, 1.82) is 5.26 Å². The third-order valence-electron chi connectivity index (χ3n) is 7.88. The molecule has 1 radical (unpaired) electrons. The maximum atomic E-state index is 10.0. The van der Waals surface area contributed by atoms with E-state index in [4.69, 9.17) is 16.8 Å². The van der Waals surface area contributed by atoms with Crippen molar-refractivity contribution in [3.05, 3.63) is 169 Å². The Hall–Kier alpha value is -5.66. The topological polar surface area (TPSA) is 62.7 Å². The molecule has 0 unspecified atom stereocenters. The molecule has 5 heteroatoms. The Morgan fingerprint density at radius 3 is 2.10 bits per heavy atom. The Bertz CT molecular complexity index is 2870. The fourth-order valence-electron chi connectivity index (χ4n) is 5.33. The molecule has 0 saturated carbocycles. The van der Waals surface area contributed by atoms with Gasteiger partial charge in [-0.1, -0.05) is 116 Å². The van der Waals surface area contributed by atoms with Gasteiger partial charge in [-0.2, -0.15) is 5.26 Å². The minimum Gasteiger partial charge on any atom is -0.500 e. The van der Waals surface area contributed by atoms with Crippen molar-refractivity contribution >= 4 is 21.9 Å². The molecule has 0 aliphatic heterocycles. The number of nitrogens with zero attached hydrogens (tertiary/aromatic N) is 3. The normalized spacial score (nSPS) is 13.4. The van der Waals surface area contributed by atoms with Gasteiger partial charge in [0.25, 0.3) is 0 Å². The number of hydrogen-bond acceptors (Lipinski definition) is 4. The zero-order valence-corrected chi connectivity index (χ0v) is 29.6. The summed E-state index contributed by atoms with van der Waals surface area (Å²) in [6, 6.07) is 26.9. The predicted molar refractivity (Wildman–Crippen MR) is 199 cm³/mol. The quantitative estimate of drug-likeness (QED) is 0.166. The van der Waals surface area contributed by atoms with Crippen LogP contribution in [0.5, 0.6) is 0 Å². The molecule has 4 nitrogen and oxygen atoms in total. The molecule has 3 aromatic heterocycles. The van der Waals surface area contributed by atoms with Gasteiger partial charge in [0.05, 0.1) is 29.6 Å². The van der Waals surface area contributed by atoms with Crippen molar-refractivity contribution in [2.75, 3.05) is 0 Å². The molecule has 0 aliphatic carbocycles. The van der Waals surface area contributed by atoms with E-state index in [0.29, 0.717) is 27.6 Å². The Labute approximate surface area is 319 Å². The van der Waals surface area contributed by atoms with Crippen LogP contribution in [0, 0.1) is 23.5 Å². The third kappa shape index (κ3) is 7.05. The smallest absolute Gasteiger partial charge is 0.130 e. The second kappa shape index (κ2) is 14.8. The van der Waals surface area contributed by atoms with E-state index < -0.39 is 65.5 Å². The van der Waals surface area contributed by atoms with Gasteiger partial charge in [0.15, 0.2) is 0 Å². The van der Waals surface area contributed by atoms with Crippen molar-refractivity contribution in [2.45, 2.75) is 26.2 Å². The number of aromatic nitrogens is 2. The molecule has 245 valence electrons. The molecule has 0 atom stereocenters. The predicted octanol–water partition coefficient (Wildman–Crippen LogP) is 11.5. The van der Waals surface area contributed by atoms with E-state index >= 15 is 0 Å². The van der Waals surface area contributed by atoms with Crippen LogP contribution in [-0.4, -0.2) is 9.97 Å². The van der Waals surface area contributed by atoms with Crippen molar-refractivity contribution < 1.29 is 36.9 Å². The van der Waals surface area contributed by atoms with Crippen LogP contribution < -0.4 is 0 Å². The Balaban J connectivity index is 0.000000289. The number of hydrogen-bond donors (Lipinski definition) is 0. The molecule has 8 aromatic rings. The molecule has 3 heterocycles. The number of benzene rings is 5. The van der Waals surface area contributed by atoms with Gasteiger partial charge < -0.3 is 14.4 Å². The van der Waals surface area contributed by atoms with E-state index in [1.807, 2.05) is 36.5 Å².